The van der Waals surface area contributed by atoms with Gasteiger partial charge in [-0.3, -0.25) is 0 Å². The summed E-state index contributed by atoms with van der Waals surface area (Å²) in [5.74, 6) is 0.948. The minimum atomic E-state index is 0.224. The molecule has 16 heavy (non-hydrogen) atoms. The third-order valence-corrected chi connectivity index (χ3v) is 3.65. The molecule has 1 unspecified atom stereocenters. The van der Waals surface area contributed by atoms with Gasteiger partial charge >= 0.3 is 0 Å². The van der Waals surface area contributed by atoms with Crippen LogP contribution in [0.1, 0.15) is 17.2 Å². The number of methoxy groups -OCH3 is 1. The fourth-order valence-corrected chi connectivity index (χ4v) is 2.78. The summed E-state index contributed by atoms with van der Waals surface area (Å²) in [7, 11) is 3.67. The second-order valence-electron chi connectivity index (χ2n) is 3.81. The fourth-order valence-electron chi connectivity index (χ4n) is 2.13. The highest BCUT2D eigenvalue weighted by molar-refractivity contribution is 9.10. The molecule has 88 valence electrons. The van der Waals surface area contributed by atoms with Gasteiger partial charge in [0.2, 0.25) is 0 Å². The van der Waals surface area contributed by atoms with Crippen LogP contribution in [-0.2, 0) is 11.2 Å². The molecule has 0 saturated heterocycles. The molecular formula is C12H16BrNO2. The fraction of sp³-hybridized carbons (Fsp3) is 0.500. The third kappa shape index (κ3) is 2.10. The first-order chi connectivity index (χ1) is 7.77. The quantitative estimate of drug-likeness (QED) is 0.905. The summed E-state index contributed by atoms with van der Waals surface area (Å²) in [6, 6.07) is 4.26. The molecule has 0 radical (unpaired) electrons. The molecule has 1 atom stereocenters. The average molecular weight is 286 g/mol. The van der Waals surface area contributed by atoms with Crippen molar-refractivity contribution in [1.29, 1.82) is 0 Å². The molecule has 0 saturated carbocycles. The Morgan fingerprint density at radius 1 is 1.50 bits per heavy atom. The van der Waals surface area contributed by atoms with Gasteiger partial charge < -0.3 is 14.8 Å². The predicted molar refractivity (Wildman–Crippen MR) is 67.0 cm³/mol. The number of halogens is 1. The minimum Gasteiger partial charge on any atom is -0.496 e. The van der Waals surface area contributed by atoms with Crippen LogP contribution in [-0.4, -0.2) is 27.4 Å². The zero-order valence-electron chi connectivity index (χ0n) is 9.55. The summed E-state index contributed by atoms with van der Waals surface area (Å²) in [6.45, 7) is 1.45. The topological polar surface area (TPSA) is 30.5 Å². The first-order valence-electron chi connectivity index (χ1n) is 5.38. The standard InChI is InChI=1S/C12H16BrNO2/c1-14-10-7-16-6-5-8-11(15-2)4-3-9(13)12(8)10/h3-4,10,14H,5-7H2,1-2H3. The van der Waals surface area contributed by atoms with Gasteiger partial charge in [0, 0.05) is 10.0 Å². The van der Waals surface area contributed by atoms with Crippen molar-refractivity contribution in [1.82, 2.24) is 5.32 Å². The summed E-state index contributed by atoms with van der Waals surface area (Å²) in [5.41, 5.74) is 2.51. The summed E-state index contributed by atoms with van der Waals surface area (Å²) in [6.07, 6.45) is 0.899. The van der Waals surface area contributed by atoms with Crippen LogP contribution >= 0.6 is 15.9 Å². The van der Waals surface area contributed by atoms with Crippen molar-refractivity contribution >= 4 is 15.9 Å². The van der Waals surface area contributed by atoms with Crippen LogP contribution in [0.3, 0.4) is 0 Å². The Morgan fingerprint density at radius 3 is 3.00 bits per heavy atom. The molecule has 1 heterocycles. The Morgan fingerprint density at radius 2 is 2.31 bits per heavy atom. The molecule has 1 N–H and O–H groups in total. The van der Waals surface area contributed by atoms with Gasteiger partial charge in [0.1, 0.15) is 5.75 Å². The lowest BCUT2D eigenvalue weighted by Crippen LogP contribution is -2.21. The molecule has 0 aliphatic carbocycles. The summed E-state index contributed by atoms with van der Waals surface area (Å²) in [4.78, 5) is 0. The number of hydrogen-bond acceptors (Lipinski definition) is 3. The summed E-state index contributed by atoms with van der Waals surface area (Å²) >= 11 is 3.61. The van der Waals surface area contributed by atoms with Gasteiger partial charge in [-0.1, -0.05) is 15.9 Å². The van der Waals surface area contributed by atoms with Crippen molar-refractivity contribution in [3.63, 3.8) is 0 Å². The van der Waals surface area contributed by atoms with Gasteiger partial charge in [-0.25, -0.2) is 0 Å². The van der Waals surface area contributed by atoms with Crippen molar-refractivity contribution in [3.8, 4) is 5.75 Å². The SMILES string of the molecule is CNC1COCCc2c(OC)ccc(Br)c21. The van der Waals surface area contributed by atoms with Gasteiger partial charge in [0.05, 0.1) is 26.4 Å². The van der Waals surface area contributed by atoms with E-state index >= 15 is 0 Å². The van der Waals surface area contributed by atoms with Crippen LogP contribution < -0.4 is 10.1 Å². The molecule has 4 heteroatoms. The molecule has 0 spiro atoms. The zero-order valence-corrected chi connectivity index (χ0v) is 11.1. The van der Waals surface area contributed by atoms with Crippen molar-refractivity contribution < 1.29 is 9.47 Å². The maximum atomic E-state index is 5.60. The van der Waals surface area contributed by atoms with Gasteiger partial charge in [-0.15, -0.1) is 0 Å². The van der Waals surface area contributed by atoms with E-state index in [1.54, 1.807) is 7.11 Å². The van der Waals surface area contributed by atoms with E-state index in [-0.39, 0.29) is 6.04 Å². The molecule has 2 rings (SSSR count). The lowest BCUT2D eigenvalue weighted by atomic mass is 9.98. The van der Waals surface area contributed by atoms with Gasteiger partial charge in [0.25, 0.3) is 0 Å². The number of benzene rings is 1. The van der Waals surface area contributed by atoms with Crippen molar-refractivity contribution in [3.05, 3.63) is 27.7 Å². The third-order valence-electron chi connectivity index (χ3n) is 2.96. The normalized spacial score (nSPS) is 20.1. The molecule has 1 aromatic carbocycles. The first-order valence-corrected chi connectivity index (χ1v) is 6.17. The first kappa shape index (κ1) is 11.9. The van der Waals surface area contributed by atoms with Gasteiger partial charge in [0.15, 0.2) is 0 Å². The van der Waals surface area contributed by atoms with E-state index in [0.29, 0.717) is 6.61 Å². The summed E-state index contributed by atoms with van der Waals surface area (Å²) < 4.78 is 12.1. The second-order valence-corrected chi connectivity index (χ2v) is 4.66. The summed E-state index contributed by atoms with van der Waals surface area (Å²) in [5, 5.41) is 3.28. The Labute approximate surface area is 104 Å². The maximum absolute atomic E-state index is 5.60. The molecule has 1 aliphatic rings. The molecule has 0 aromatic heterocycles. The van der Waals surface area contributed by atoms with E-state index in [0.717, 1.165) is 23.2 Å². The van der Waals surface area contributed by atoms with E-state index < -0.39 is 0 Å². The highest BCUT2D eigenvalue weighted by atomic mass is 79.9. The highest BCUT2D eigenvalue weighted by Gasteiger charge is 2.22. The lowest BCUT2D eigenvalue weighted by molar-refractivity contribution is 0.123. The number of likely N-dealkylation sites (N-methyl/N-ethyl adjacent to an activating group) is 1. The van der Waals surface area contributed by atoms with Gasteiger partial charge in [-0.2, -0.15) is 0 Å². The highest BCUT2D eigenvalue weighted by Crippen LogP contribution is 2.35. The monoisotopic (exact) mass is 285 g/mol. The molecular weight excluding hydrogens is 270 g/mol. The van der Waals surface area contributed by atoms with Crippen molar-refractivity contribution in [2.45, 2.75) is 12.5 Å². The van der Waals surface area contributed by atoms with Crippen LogP contribution in [0.5, 0.6) is 5.75 Å². The molecule has 0 amide bonds. The average Bonchev–Trinajstić information content (AvgIpc) is 2.52. The van der Waals surface area contributed by atoms with Crippen LogP contribution in [0, 0.1) is 0 Å². The molecule has 0 bridgehead atoms. The van der Waals surface area contributed by atoms with E-state index in [9.17, 15) is 0 Å². The van der Waals surface area contributed by atoms with Crippen LogP contribution in [0.15, 0.2) is 16.6 Å². The lowest BCUT2D eigenvalue weighted by Gasteiger charge is -2.19. The smallest absolute Gasteiger partial charge is 0.122 e. The zero-order chi connectivity index (χ0) is 11.5. The van der Waals surface area contributed by atoms with Crippen LogP contribution in [0.25, 0.3) is 0 Å². The minimum absolute atomic E-state index is 0.224. The van der Waals surface area contributed by atoms with Crippen molar-refractivity contribution in [2.75, 3.05) is 27.4 Å². The van der Waals surface area contributed by atoms with Crippen LogP contribution in [0.2, 0.25) is 0 Å². The number of fused-ring (bicyclic) bond motifs is 1. The maximum Gasteiger partial charge on any atom is 0.122 e. The molecule has 1 aliphatic heterocycles. The molecule has 0 fully saturated rings. The van der Waals surface area contributed by atoms with Gasteiger partial charge in [-0.05, 0) is 31.2 Å². The Hall–Kier alpha value is -0.580. The van der Waals surface area contributed by atoms with E-state index in [4.69, 9.17) is 9.47 Å². The van der Waals surface area contributed by atoms with Crippen molar-refractivity contribution in [2.24, 2.45) is 0 Å². The van der Waals surface area contributed by atoms with Crippen LogP contribution in [0.4, 0.5) is 0 Å². The Bertz CT molecular complexity index is 382. The number of rotatable bonds is 2. The van der Waals surface area contributed by atoms with E-state index in [1.165, 1.54) is 11.1 Å². The molecule has 3 nitrogen and oxygen atoms in total. The largest absolute Gasteiger partial charge is 0.496 e. The van der Waals surface area contributed by atoms with E-state index in [1.807, 2.05) is 19.2 Å². The van der Waals surface area contributed by atoms with E-state index in [2.05, 4.69) is 21.2 Å². The molecule has 1 aromatic rings. The predicted octanol–water partition coefficient (Wildman–Crippen LogP) is 2.29. The Kier molecular flexibility index (Phi) is 3.84. The number of hydrogen-bond donors (Lipinski definition) is 1. The second kappa shape index (κ2) is 5.17. The Balaban J connectivity index is 2.54. The number of ether oxygens (including phenoxy) is 2. The number of nitrogens with one attached hydrogen (secondary N) is 1.